The highest BCUT2D eigenvalue weighted by Gasteiger charge is 2.77. The number of fused-ring (bicyclic) bond motifs is 1. The Kier molecular flexibility index (Phi) is 6.91. The van der Waals surface area contributed by atoms with Crippen molar-refractivity contribution in [3.05, 3.63) is 77.8 Å². The molecule has 194 valence electrons. The van der Waals surface area contributed by atoms with Crippen molar-refractivity contribution in [2.75, 3.05) is 18.1 Å². The van der Waals surface area contributed by atoms with Gasteiger partial charge in [0.15, 0.2) is 0 Å². The van der Waals surface area contributed by atoms with Crippen molar-refractivity contribution in [3.8, 4) is 0 Å². The Balaban J connectivity index is 1.68. The van der Waals surface area contributed by atoms with E-state index < -0.39 is 60.0 Å². The van der Waals surface area contributed by atoms with Gasteiger partial charge in [-0.05, 0) is 24.1 Å². The molecule has 3 unspecified atom stereocenters. The molecule has 2 bridgehead atoms. The number of halogens is 2. The van der Waals surface area contributed by atoms with Crippen LogP contribution in [0.15, 0.2) is 67.3 Å². The standard InChI is InChI=1S/C27H26BrClN2O6/c1-2-12-30(18-11-7-6-10-17(18)29)25(34)23-27-13-16(28)22(37-27)20(26(35)36)21(27)24(33)31(23)19(14-32)15-8-4-3-5-9-15/h2-11,16,19-23,32H,1,12-14H2,(H,35,36)/t16?,19-,20+,21+,22+,23?,27?/m1/s1. The number of aliphatic carboxylic acids is 1. The number of likely N-dealkylation sites (tertiary alicyclic amines) is 1. The molecule has 2 N–H and O–H groups in total. The van der Waals surface area contributed by atoms with E-state index in [1.54, 1.807) is 54.6 Å². The summed E-state index contributed by atoms with van der Waals surface area (Å²) >= 11 is 10.0. The van der Waals surface area contributed by atoms with Crippen molar-refractivity contribution in [3.63, 3.8) is 0 Å². The molecule has 0 saturated carbocycles. The first-order valence-corrected chi connectivity index (χ1v) is 13.3. The van der Waals surface area contributed by atoms with Crippen LogP contribution in [0.5, 0.6) is 0 Å². The predicted octanol–water partition coefficient (Wildman–Crippen LogP) is 3.43. The van der Waals surface area contributed by atoms with Gasteiger partial charge in [0.1, 0.15) is 11.6 Å². The first-order valence-electron chi connectivity index (χ1n) is 12.0. The highest BCUT2D eigenvalue weighted by molar-refractivity contribution is 9.09. The van der Waals surface area contributed by atoms with Crippen LogP contribution in [0.4, 0.5) is 5.69 Å². The van der Waals surface area contributed by atoms with Gasteiger partial charge in [-0.3, -0.25) is 14.4 Å². The highest BCUT2D eigenvalue weighted by Crippen LogP contribution is 2.61. The van der Waals surface area contributed by atoms with E-state index in [0.717, 1.165) is 0 Å². The Bertz CT molecular complexity index is 1240. The lowest BCUT2D eigenvalue weighted by Crippen LogP contribution is -2.57. The molecule has 3 aliphatic rings. The normalized spacial score (nSPS) is 30.7. The van der Waals surface area contributed by atoms with E-state index in [-0.39, 0.29) is 17.8 Å². The van der Waals surface area contributed by atoms with Gasteiger partial charge in [-0.25, -0.2) is 0 Å². The smallest absolute Gasteiger partial charge is 0.310 e. The lowest BCUT2D eigenvalue weighted by Gasteiger charge is -2.39. The first-order chi connectivity index (χ1) is 17.8. The van der Waals surface area contributed by atoms with Crippen LogP contribution in [0.25, 0.3) is 0 Å². The molecule has 2 amide bonds. The zero-order valence-corrected chi connectivity index (χ0v) is 22.1. The number of alkyl halides is 1. The minimum atomic E-state index is -1.39. The monoisotopic (exact) mass is 588 g/mol. The molecule has 2 aromatic carbocycles. The number of nitrogens with zero attached hydrogens (tertiary/aromatic N) is 2. The number of aliphatic hydroxyl groups excluding tert-OH is 1. The number of amides is 2. The van der Waals surface area contributed by atoms with Gasteiger partial charge in [-0.2, -0.15) is 0 Å². The van der Waals surface area contributed by atoms with E-state index in [1.165, 1.54) is 9.80 Å². The average Bonchev–Trinajstić information content (AvgIpc) is 3.48. The van der Waals surface area contributed by atoms with Crippen LogP contribution in [0, 0.1) is 11.8 Å². The Morgan fingerprint density at radius 3 is 2.54 bits per heavy atom. The molecule has 0 aliphatic carbocycles. The van der Waals surface area contributed by atoms with E-state index in [1.807, 2.05) is 6.07 Å². The molecular weight excluding hydrogens is 564 g/mol. The summed E-state index contributed by atoms with van der Waals surface area (Å²) in [5.74, 6) is -4.36. The molecule has 7 atom stereocenters. The number of hydrogen-bond donors (Lipinski definition) is 2. The fourth-order valence-corrected chi connectivity index (χ4v) is 7.43. The molecule has 37 heavy (non-hydrogen) atoms. The van der Waals surface area contributed by atoms with Crippen LogP contribution in [-0.2, 0) is 19.1 Å². The number of carboxylic acids is 1. The second-order valence-corrected chi connectivity index (χ2v) is 11.1. The summed E-state index contributed by atoms with van der Waals surface area (Å²) in [6, 6.07) is 13.6. The van der Waals surface area contributed by atoms with Crippen molar-refractivity contribution in [1.29, 1.82) is 0 Å². The highest BCUT2D eigenvalue weighted by atomic mass is 79.9. The maximum Gasteiger partial charge on any atom is 0.310 e. The zero-order valence-electron chi connectivity index (χ0n) is 19.7. The summed E-state index contributed by atoms with van der Waals surface area (Å²) < 4.78 is 6.35. The Labute approximate surface area is 227 Å². The molecule has 8 nitrogen and oxygen atoms in total. The van der Waals surface area contributed by atoms with Gasteiger partial charge in [-0.15, -0.1) is 6.58 Å². The van der Waals surface area contributed by atoms with Crippen LogP contribution in [0.2, 0.25) is 5.02 Å². The molecular formula is C27H26BrClN2O6. The first kappa shape index (κ1) is 25.9. The Morgan fingerprint density at radius 2 is 1.92 bits per heavy atom. The summed E-state index contributed by atoms with van der Waals surface area (Å²) in [7, 11) is 0. The number of anilines is 1. The second kappa shape index (κ2) is 9.87. The van der Waals surface area contributed by atoms with Crippen molar-refractivity contribution in [2.45, 2.75) is 35.0 Å². The average molecular weight is 590 g/mol. The molecule has 3 aliphatic heterocycles. The fraction of sp³-hybridized carbons (Fsp3) is 0.370. The molecule has 2 aromatic rings. The number of carboxylic acid groups (broad SMARTS) is 1. The summed E-state index contributed by atoms with van der Waals surface area (Å²) in [5, 5.41) is 20.9. The molecule has 1 spiro atoms. The van der Waals surface area contributed by atoms with Gasteiger partial charge in [-0.1, -0.05) is 76.1 Å². The summed E-state index contributed by atoms with van der Waals surface area (Å²) in [5.41, 5.74) is -0.337. The number of ether oxygens (including phenoxy) is 1. The van der Waals surface area contributed by atoms with Gasteiger partial charge < -0.3 is 24.7 Å². The third-order valence-electron chi connectivity index (χ3n) is 7.66. The van der Waals surface area contributed by atoms with Crippen molar-refractivity contribution in [2.24, 2.45) is 11.8 Å². The van der Waals surface area contributed by atoms with Crippen LogP contribution in [0.1, 0.15) is 18.0 Å². The second-order valence-electron chi connectivity index (χ2n) is 9.55. The van der Waals surface area contributed by atoms with Crippen molar-refractivity contribution in [1.82, 2.24) is 4.90 Å². The molecule has 3 heterocycles. The number of aliphatic hydroxyl groups is 1. The van der Waals surface area contributed by atoms with E-state index in [0.29, 0.717) is 16.3 Å². The van der Waals surface area contributed by atoms with Gasteiger partial charge in [0, 0.05) is 11.4 Å². The number of hydrogen-bond acceptors (Lipinski definition) is 5. The van der Waals surface area contributed by atoms with Crippen molar-refractivity contribution < 1.29 is 29.3 Å². The summed E-state index contributed by atoms with van der Waals surface area (Å²) in [6.45, 7) is 3.42. The number of carbonyl (C=O) groups is 3. The van der Waals surface area contributed by atoms with E-state index in [9.17, 15) is 24.6 Å². The fourth-order valence-electron chi connectivity index (χ4n) is 6.25. The summed E-state index contributed by atoms with van der Waals surface area (Å²) in [6.07, 6.45) is 1.06. The lowest BCUT2D eigenvalue weighted by molar-refractivity contribution is -0.151. The van der Waals surface area contributed by atoms with Crippen LogP contribution in [-0.4, -0.2) is 68.6 Å². The SMILES string of the molecule is C=CCN(C(=O)C1N([C@H](CO)c2ccccc2)C(=O)[C@@H]2[C@H](C(=O)O)[C@H]3OC12CC3Br)c1ccccc1Cl. The third kappa shape index (κ3) is 3.91. The van der Waals surface area contributed by atoms with Gasteiger partial charge in [0.25, 0.3) is 5.91 Å². The van der Waals surface area contributed by atoms with Gasteiger partial charge in [0.2, 0.25) is 5.91 Å². The minimum absolute atomic E-state index is 0.0977. The minimum Gasteiger partial charge on any atom is -0.481 e. The maximum atomic E-state index is 14.5. The summed E-state index contributed by atoms with van der Waals surface area (Å²) in [4.78, 5) is 43.4. The third-order valence-corrected chi connectivity index (χ3v) is 8.82. The van der Waals surface area contributed by atoms with E-state index in [4.69, 9.17) is 16.3 Å². The van der Waals surface area contributed by atoms with Crippen LogP contribution >= 0.6 is 27.5 Å². The quantitative estimate of drug-likeness (QED) is 0.361. The number of benzene rings is 2. The lowest BCUT2D eigenvalue weighted by atomic mass is 9.70. The van der Waals surface area contributed by atoms with E-state index in [2.05, 4.69) is 22.5 Å². The van der Waals surface area contributed by atoms with Gasteiger partial charge >= 0.3 is 5.97 Å². The zero-order chi connectivity index (χ0) is 26.5. The maximum absolute atomic E-state index is 14.5. The van der Waals surface area contributed by atoms with E-state index >= 15 is 0 Å². The molecule has 0 radical (unpaired) electrons. The molecule has 10 heteroatoms. The molecule has 3 saturated heterocycles. The molecule has 3 fully saturated rings. The van der Waals surface area contributed by atoms with Crippen LogP contribution < -0.4 is 4.90 Å². The predicted molar refractivity (Wildman–Crippen MR) is 140 cm³/mol. The largest absolute Gasteiger partial charge is 0.481 e. The van der Waals surface area contributed by atoms with Gasteiger partial charge in [0.05, 0.1) is 41.3 Å². The Morgan fingerprint density at radius 1 is 1.24 bits per heavy atom. The topological polar surface area (TPSA) is 107 Å². The van der Waals surface area contributed by atoms with Crippen LogP contribution in [0.3, 0.4) is 0 Å². The number of rotatable bonds is 8. The Hall–Kier alpha value is -2.72. The van der Waals surface area contributed by atoms with Crippen molar-refractivity contribution >= 4 is 51.0 Å². The molecule has 5 rings (SSSR count). The molecule has 0 aromatic heterocycles. The number of carbonyl (C=O) groups excluding carboxylic acids is 2. The number of para-hydroxylation sites is 1.